The highest BCUT2D eigenvalue weighted by molar-refractivity contribution is 6.31. The van der Waals surface area contributed by atoms with Crippen LogP contribution in [0.5, 0.6) is 0 Å². The minimum absolute atomic E-state index is 0.00864. The number of hydrogen-bond donors (Lipinski definition) is 2. The van der Waals surface area contributed by atoms with Crippen LogP contribution in [-0.4, -0.2) is 47.9 Å². The maximum Gasteiger partial charge on any atom is 0.316 e. The van der Waals surface area contributed by atoms with Gasteiger partial charge in [-0.3, -0.25) is 9.69 Å². The number of piperazine rings is 1. The number of nitrogens with zero attached hydrogens (tertiary/aromatic N) is 2. The van der Waals surface area contributed by atoms with Gasteiger partial charge in [-0.05, 0) is 42.8 Å². The lowest BCUT2D eigenvalue weighted by atomic mass is 10.1. The number of nitrogens with two attached hydrogens (primary N) is 1. The fourth-order valence-electron chi connectivity index (χ4n) is 3.34. The zero-order chi connectivity index (χ0) is 19.4. The fourth-order valence-corrected chi connectivity index (χ4v) is 3.64. The first-order chi connectivity index (χ1) is 13.0. The van der Waals surface area contributed by atoms with Gasteiger partial charge >= 0.3 is 6.03 Å². The molecule has 1 atom stereocenters. The Morgan fingerprint density at radius 1 is 1.04 bits per heavy atom. The van der Waals surface area contributed by atoms with Gasteiger partial charge in [-0.1, -0.05) is 29.8 Å². The maximum atomic E-state index is 12.7. The monoisotopic (exact) mass is 386 g/mol. The van der Waals surface area contributed by atoms with Crippen molar-refractivity contribution in [2.24, 2.45) is 5.73 Å². The third-order valence-corrected chi connectivity index (χ3v) is 5.25. The number of carbonyl (C=O) groups is 2. The van der Waals surface area contributed by atoms with Crippen molar-refractivity contribution in [1.29, 1.82) is 0 Å². The van der Waals surface area contributed by atoms with Gasteiger partial charge in [-0.2, -0.15) is 0 Å². The van der Waals surface area contributed by atoms with Gasteiger partial charge < -0.3 is 16.0 Å². The summed E-state index contributed by atoms with van der Waals surface area (Å²) >= 11 is 6.32. The first kappa shape index (κ1) is 19.2. The van der Waals surface area contributed by atoms with Gasteiger partial charge in [0.1, 0.15) is 0 Å². The number of rotatable bonds is 4. The van der Waals surface area contributed by atoms with Crippen LogP contribution in [-0.2, 0) is 0 Å². The highest BCUT2D eigenvalue weighted by Gasteiger charge is 2.26. The average molecular weight is 387 g/mol. The van der Waals surface area contributed by atoms with Crippen molar-refractivity contribution in [3.63, 3.8) is 0 Å². The minimum Gasteiger partial charge on any atom is -0.351 e. The molecule has 0 spiro atoms. The van der Waals surface area contributed by atoms with Crippen LogP contribution in [0.25, 0.3) is 0 Å². The van der Waals surface area contributed by atoms with E-state index in [9.17, 15) is 9.59 Å². The van der Waals surface area contributed by atoms with Crippen LogP contribution in [0, 0.1) is 0 Å². The summed E-state index contributed by atoms with van der Waals surface area (Å²) in [5.41, 5.74) is 7.36. The predicted octanol–water partition coefficient (Wildman–Crippen LogP) is 3.35. The summed E-state index contributed by atoms with van der Waals surface area (Å²) in [5.74, 6) is -0.00864. The van der Waals surface area contributed by atoms with E-state index in [0.717, 1.165) is 23.7 Å². The van der Waals surface area contributed by atoms with Crippen molar-refractivity contribution in [2.75, 3.05) is 31.5 Å². The van der Waals surface area contributed by atoms with Crippen LogP contribution in [0.1, 0.15) is 28.9 Å². The SMILES string of the molecule is CC(c1ccccc1Cl)N1CCN(C(=O)c2ccc(NC(N)=O)cc2)CC1. The highest BCUT2D eigenvalue weighted by Crippen LogP contribution is 2.28. The second-order valence-electron chi connectivity index (χ2n) is 6.59. The van der Waals surface area contributed by atoms with E-state index in [1.165, 1.54) is 0 Å². The third kappa shape index (κ3) is 4.59. The standard InChI is InChI=1S/C20H23ClN4O2/c1-14(17-4-2-3-5-18(17)21)24-10-12-25(13-11-24)19(26)15-6-8-16(9-7-15)23-20(22)27/h2-9,14H,10-13H2,1H3,(H3,22,23,27). The Morgan fingerprint density at radius 2 is 1.67 bits per heavy atom. The summed E-state index contributed by atoms with van der Waals surface area (Å²) in [7, 11) is 0. The molecule has 1 fully saturated rings. The summed E-state index contributed by atoms with van der Waals surface area (Å²) in [4.78, 5) is 27.8. The topological polar surface area (TPSA) is 78.7 Å². The first-order valence-corrected chi connectivity index (χ1v) is 9.28. The molecule has 7 heteroatoms. The molecule has 1 saturated heterocycles. The van der Waals surface area contributed by atoms with E-state index < -0.39 is 6.03 Å². The van der Waals surface area contributed by atoms with E-state index in [1.54, 1.807) is 24.3 Å². The van der Waals surface area contributed by atoms with Crippen molar-refractivity contribution in [2.45, 2.75) is 13.0 Å². The first-order valence-electron chi connectivity index (χ1n) is 8.90. The number of carbonyl (C=O) groups excluding carboxylic acids is 2. The summed E-state index contributed by atoms with van der Waals surface area (Å²) in [6.45, 7) is 5.05. The molecular weight excluding hydrogens is 364 g/mol. The lowest BCUT2D eigenvalue weighted by Gasteiger charge is -2.38. The van der Waals surface area contributed by atoms with E-state index >= 15 is 0 Å². The Morgan fingerprint density at radius 3 is 2.26 bits per heavy atom. The zero-order valence-electron chi connectivity index (χ0n) is 15.2. The Kier molecular flexibility index (Phi) is 5.98. The molecule has 0 aliphatic carbocycles. The number of benzene rings is 2. The molecule has 2 aromatic rings. The smallest absolute Gasteiger partial charge is 0.316 e. The van der Waals surface area contributed by atoms with Gasteiger partial charge in [0.05, 0.1) is 0 Å². The Balaban J connectivity index is 1.59. The summed E-state index contributed by atoms with van der Waals surface area (Å²) < 4.78 is 0. The van der Waals surface area contributed by atoms with Gasteiger partial charge in [0.2, 0.25) is 0 Å². The Labute approximate surface area is 163 Å². The van der Waals surface area contributed by atoms with E-state index in [0.29, 0.717) is 24.3 Å². The Hall–Kier alpha value is -2.57. The van der Waals surface area contributed by atoms with Crippen LogP contribution in [0.4, 0.5) is 10.5 Å². The van der Waals surface area contributed by atoms with Crippen LogP contribution in [0.15, 0.2) is 48.5 Å². The lowest BCUT2D eigenvalue weighted by Crippen LogP contribution is -2.49. The van der Waals surface area contributed by atoms with E-state index in [4.69, 9.17) is 17.3 Å². The van der Waals surface area contributed by atoms with Crippen LogP contribution in [0.3, 0.4) is 0 Å². The van der Waals surface area contributed by atoms with Crippen LogP contribution in [0.2, 0.25) is 5.02 Å². The number of urea groups is 1. The quantitative estimate of drug-likeness (QED) is 0.845. The molecule has 1 aliphatic heterocycles. The van der Waals surface area contributed by atoms with Crippen molar-refractivity contribution >= 4 is 29.2 Å². The molecule has 0 bridgehead atoms. The second kappa shape index (κ2) is 8.41. The maximum absolute atomic E-state index is 12.7. The summed E-state index contributed by atoms with van der Waals surface area (Å²) in [6.07, 6.45) is 0. The molecule has 0 saturated carbocycles. The molecule has 0 aromatic heterocycles. The molecule has 27 heavy (non-hydrogen) atoms. The molecule has 0 radical (unpaired) electrons. The average Bonchev–Trinajstić information content (AvgIpc) is 2.67. The van der Waals surface area contributed by atoms with Crippen LogP contribution < -0.4 is 11.1 Å². The van der Waals surface area contributed by atoms with E-state index in [-0.39, 0.29) is 11.9 Å². The fraction of sp³-hybridized carbons (Fsp3) is 0.300. The van der Waals surface area contributed by atoms with Gasteiger partial charge in [-0.25, -0.2) is 4.79 Å². The van der Waals surface area contributed by atoms with Crippen molar-refractivity contribution in [3.8, 4) is 0 Å². The number of primary amides is 1. The van der Waals surface area contributed by atoms with E-state index in [1.807, 2.05) is 29.2 Å². The lowest BCUT2D eigenvalue weighted by molar-refractivity contribution is 0.0582. The predicted molar refractivity (Wildman–Crippen MR) is 107 cm³/mol. The highest BCUT2D eigenvalue weighted by atomic mass is 35.5. The molecule has 142 valence electrons. The van der Waals surface area contributed by atoms with Gasteiger partial charge in [0, 0.05) is 48.5 Å². The van der Waals surface area contributed by atoms with Gasteiger partial charge in [0.15, 0.2) is 0 Å². The molecule has 3 N–H and O–H groups in total. The Bertz CT molecular complexity index is 817. The summed E-state index contributed by atoms with van der Waals surface area (Å²) in [6, 6.07) is 14.2. The number of nitrogens with one attached hydrogen (secondary N) is 1. The largest absolute Gasteiger partial charge is 0.351 e. The number of hydrogen-bond acceptors (Lipinski definition) is 3. The normalized spacial score (nSPS) is 16.0. The zero-order valence-corrected chi connectivity index (χ0v) is 15.9. The second-order valence-corrected chi connectivity index (χ2v) is 7.00. The molecule has 1 unspecified atom stereocenters. The minimum atomic E-state index is -0.627. The molecule has 3 rings (SSSR count). The van der Waals surface area contributed by atoms with E-state index in [2.05, 4.69) is 17.1 Å². The van der Waals surface area contributed by atoms with Crippen molar-refractivity contribution in [1.82, 2.24) is 9.80 Å². The molecular formula is C20H23ClN4O2. The molecule has 3 amide bonds. The van der Waals surface area contributed by atoms with Gasteiger partial charge in [0.25, 0.3) is 5.91 Å². The molecule has 6 nitrogen and oxygen atoms in total. The van der Waals surface area contributed by atoms with Crippen LogP contribution >= 0.6 is 11.6 Å². The number of anilines is 1. The van der Waals surface area contributed by atoms with Crippen molar-refractivity contribution in [3.05, 3.63) is 64.7 Å². The third-order valence-electron chi connectivity index (χ3n) is 4.90. The molecule has 1 aliphatic rings. The van der Waals surface area contributed by atoms with Crippen molar-refractivity contribution < 1.29 is 9.59 Å². The number of amides is 3. The molecule has 1 heterocycles. The molecule has 2 aromatic carbocycles. The van der Waals surface area contributed by atoms with Gasteiger partial charge in [-0.15, -0.1) is 0 Å². The number of halogens is 1. The summed E-state index contributed by atoms with van der Waals surface area (Å²) in [5, 5.41) is 3.26.